The number of hydrogen-bond acceptors (Lipinski definition) is 2. The monoisotopic (exact) mass is 225 g/mol. The van der Waals surface area contributed by atoms with Crippen LogP contribution in [0.15, 0.2) is 18.2 Å². The SMILES string of the molecule is NCC1(c2cccc3c2OCC3)CC1(F)F. The van der Waals surface area contributed by atoms with Crippen molar-refractivity contribution in [2.75, 3.05) is 13.2 Å². The zero-order valence-electron chi connectivity index (χ0n) is 8.80. The van der Waals surface area contributed by atoms with Gasteiger partial charge in [-0.2, -0.15) is 0 Å². The second kappa shape index (κ2) is 2.94. The summed E-state index contributed by atoms with van der Waals surface area (Å²) in [6, 6.07) is 5.46. The van der Waals surface area contributed by atoms with Crippen LogP contribution in [0.2, 0.25) is 0 Å². The third-order valence-electron chi connectivity index (χ3n) is 3.68. The highest BCUT2D eigenvalue weighted by atomic mass is 19.3. The molecule has 3 rings (SSSR count). The molecule has 0 amide bonds. The summed E-state index contributed by atoms with van der Waals surface area (Å²) in [6.07, 6.45) is 0.645. The lowest BCUT2D eigenvalue weighted by Crippen LogP contribution is -2.27. The lowest BCUT2D eigenvalue weighted by Gasteiger charge is -2.17. The van der Waals surface area contributed by atoms with E-state index in [2.05, 4.69) is 0 Å². The first kappa shape index (κ1) is 10.0. The zero-order valence-corrected chi connectivity index (χ0v) is 8.80. The molecular formula is C12H13F2NO. The van der Waals surface area contributed by atoms with Crippen LogP contribution in [-0.4, -0.2) is 19.1 Å². The van der Waals surface area contributed by atoms with Crippen molar-refractivity contribution in [2.45, 2.75) is 24.2 Å². The number of ether oxygens (including phenoxy) is 1. The maximum atomic E-state index is 13.5. The van der Waals surface area contributed by atoms with Crippen molar-refractivity contribution in [1.82, 2.24) is 0 Å². The van der Waals surface area contributed by atoms with Crippen LogP contribution in [-0.2, 0) is 11.8 Å². The number of para-hydroxylation sites is 1. The molecule has 0 aromatic heterocycles. The number of halogens is 2. The molecule has 0 saturated heterocycles. The summed E-state index contributed by atoms with van der Waals surface area (Å²) in [5, 5.41) is 0. The third-order valence-corrected chi connectivity index (χ3v) is 3.68. The van der Waals surface area contributed by atoms with Crippen LogP contribution < -0.4 is 10.5 Å². The number of fused-ring (bicyclic) bond motifs is 1. The Labute approximate surface area is 92.4 Å². The second-order valence-corrected chi connectivity index (χ2v) is 4.56. The van der Waals surface area contributed by atoms with Gasteiger partial charge in [0.1, 0.15) is 5.75 Å². The Morgan fingerprint density at radius 3 is 2.75 bits per heavy atom. The molecule has 2 nitrogen and oxygen atoms in total. The van der Waals surface area contributed by atoms with Crippen molar-refractivity contribution < 1.29 is 13.5 Å². The van der Waals surface area contributed by atoms with E-state index < -0.39 is 11.3 Å². The quantitative estimate of drug-likeness (QED) is 0.833. The van der Waals surface area contributed by atoms with Crippen LogP contribution in [0.1, 0.15) is 17.5 Å². The molecule has 1 aliphatic carbocycles. The molecule has 4 heteroatoms. The van der Waals surface area contributed by atoms with Gasteiger partial charge in [0.25, 0.3) is 5.92 Å². The Hall–Kier alpha value is -1.16. The first-order valence-corrected chi connectivity index (χ1v) is 5.44. The van der Waals surface area contributed by atoms with Gasteiger partial charge in [-0.3, -0.25) is 0 Å². The van der Waals surface area contributed by atoms with Crippen molar-refractivity contribution in [1.29, 1.82) is 0 Å². The lowest BCUT2D eigenvalue weighted by atomic mass is 9.92. The molecule has 2 aliphatic rings. The summed E-state index contributed by atoms with van der Waals surface area (Å²) < 4.78 is 32.4. The van der Waals surface area contributed by atoms with E-state index in [1.165, 1.54) is 0 Å². The normalized spacial score (nSPS) is 29.7. The largest absolute Gasteiger partial charge is 0.493 e. The van der Waals surface area contributed by atoms with E-state index in [0.29, 0.717) is 17.9 Å². The fraction of sp³-hybridized carbons (Fsp3) is 0.500. The molecule has 1 atom stereocenters. The number of alkyl halides is 2. The molecule has 1 unspecified atom stereocenters. The molecule has 1 saturated carbocycles. The van der Waals surface area contributed by atoms with Crippen LogP contribution in [0.5, 0.6) is 5.75 Å². The van der Waals surface area contributed by atoms with Crippen LogP contribution in [0.3, 0.4) is 0 Å². The minimum Gasteiger partial charge on any atom is -0.493 e. The maximum absolute atomic E-state index is 13.5. The Balaban J connectivity index is 2.11. The van der Waals surface area contributed by atoms with Crippen LogP contribution >= 0.6 is 0 Å². The van der Waals surface area contributed by atoms with Gasteiger partial charge in [0.15, 0.2) is 0 Å². The Kier molecular flexibility index (Phi) is 1.84. The van der Waals surface area contributed by atoms with Crippen molar-refractivity contribution in [2.24, 2.45) is 5.73 Å². The lowest BCUT2D eigenvalue weighted by molar-refractivity contribution is 0.0889. The molecule has 1 aliphatic heterocycles. The molecule has 16 heavy (non-hydrogen) atoms. The van der Waals surface area contributed by atoms with Crippen molar-refractivity contribution in [3.63, 3.8) is 0 Å². The highest BCUT2D eigenvalue weighted by Gasteiger charge is 2.72. The average molecular weight is 225 g/mol. The molecule has 0 radical (unpaired) electrons. The second-order valence-electron chi connectivity index (χ2n) is 4.56. The maximum Gasteiger partial charge on any atom is 0.260 e. The van der Waals surface area contributed by atoms with Crippen LogP contribution in [0, 0.1) is 0 Å². The van der Waals surface area contributed by atoms with E-state index in [0.717, 1.165) is 12.0 Å². The molecule has 86 valence electrons. The van der Waals surface area contributed by atoms with Crippen molar-refractivity contribution in [3.05, 3.63) is 29.3 Å². The minimum absolute atomic E-state index is 0.0280. The number of nitrogens with two attached hydrogens (primary N) is 1. The zero-order chi connectivity index (χ0) is 11.4. The predicted octanol–water partition coefficient (Wildman–Crippen LogP) is 1.86. The summed E-state index contributed by atoms with van der Waals surface area (Å²) in [5.41, 5.74) is 5.97. The number of benzene rings is 1. The summed E-state index contributed by atoms with van der Waals surface area (Å²) in [4.78, 5) is 0. The molecular weight excluding hydrogens is 212 g/mol. The van der Waals surface area contributed by atoms with Gasteiger partial charge in [0, 0.05) is 24.9 Å². The fourth-order valence-corrected chi connectivity index (χ4v) is 2.55. The summed E-state index contributed by atoms with van der Waals surface area (Å²) >= 11 is 0. The third kappa shape index (κ3) is 1.08. The van der Waals surface area contributed by atoms with Gasteiger partial charge in [-0.05, 0) is 5.56 Å². The van der Waals surface area contributed by atoms with Gasteiger partial charge in [-0.1, -0.05) is 18.2 Å². The Bertz CT molecular complexity index is 447. The number of rotatable bonds is 2. The summed E-state index contributed by atoms with van der Waals surface area (Å²) in [5.74, 6) is -2.03. The summed E-state index contributed by atoms with van der Waals surface area (Å²) in [6.45, 7) is 0.554. The van der Waals surface area contributed by atoms with Crippen LogP contribution in [0.25, 0.3) is 0 Å². The molecule has 1 heterocycles. The highest BCUT2D eigenvalue weighted by molar-refractivity contribution is 5.53. The van der Waals surface area contributed by atoms with Crippen LogP contribution in [0.4, 0.5) is 8.78 Å². The van der Waals surface area contributed by atoms with E-state index in [9.17, 15) is 8.78 Å². The first-order chi connectivity index (χ1) is 7.61. The number of hydrogen-bond donors (Lipinski definition) is 1. The van der Waals surface area contributed by atoms with E-state index in [1.807, 2.05) is 12.1 Å². The molecule has 0 spiro atoms. The Morgan fingerprint density at radius 1 is 1.38 bits per heavy atom. The molecule has 1 aromatic rings. The fourth-order valence-electron chi connectivity index (χ4n) is 2.55. The predicted molar refractivity (Wildman–Crippen MR) is 55.9 cm³/mol. The standard InChI is InChI=1S/C12H13F2NO/c13-12(14)6-11(12,7-15)9-3-1-2-8-4-5-16-10(8)9/h1-3H,4-7,15H2. The van der Waals surface area contributed by atoms with E-state index in [-0.39, 0.29) is 13.0 Å². The van der Waals surface area contributed by atoms with E-state index >= 15 is 0 Å². The van der Waals surface area contributed by atoms with Gasteiger partial charge in [0.2, 0.25) is 0 Å². The molecule has 0 bridgehead atoms. The van der Waals surface area contributed by atoms with Gasteiger partial charge in [0.05, 0.1) is 12.0 Å². The van der Waals surface area contributed by atoms with Gasteiger partial charge in [-0.25, -0.2) is 8.78 Å². The van der Waals surface area contributed by atoms with Gasteiger partial charge in [-0.15, -0.1) is 0 Å². The topological polar surface area (TPSA) is 35.2 Å². The van der Waals surface area contributed by atoms with E-state index in [1.54, 1.807) is 6.07 Å². The smallest absolute Gasteiger partial charge is 0.260 e. The highest BCUT2D eigenvalue weighted by Crippen LogP contribution is 2.63. The van der Waals surface area contributed by atoms with E-state index in [4.69, 9.17) is 10.5 Å². The average Bonchev–Trinajstić information content (AvgIpc) is 2.65. The van der Waals surface area contributed by atoms with Crippen molar-refractivity contribution >= 4 is 0 Å². The van der Waals surface area contributed by atoms with Crippen molar-refractivity contribution in [3.8, 4) is 5.75 Å². The molecule has 1 fully saturated rings. The summed E-state index contributed by atoms with van der Waals surface area (Å²) in [7, 11) is 0. The molecule has 2 N–H and O–H groups in total. The van der Waals surface area contributed by atoms with Gasteiger partial charge < -0.3 is 10.5 Å². The minimum atomic E-state index is -2.68. The van der Waals surface area contributed by atoms with Gasteiger partial charge >= 0.3 is 0 Å². The Morgan fingerprint density at radius 2 is 2.12 bits per heavy atom. The molecule has 1 aromatic carbocycles. The first-order valence-electron chi connectivity index (χ1n) is 5.44.